The molecule has 0 saturated carbocycles. The minimum atomic E-state index is -0.336. The van der Waals surface area contributed by atoms with Gasteiger partial charge in [-0.3, -0.25) is 4.79 Å². The molecular formula is C13H27N3O. The summed E-state index contributed by atoms with van der Waals surface area (Å²) in [5, 5.41) is 0. The van der Waals surface area contributed by atoms with E-state index in [4.69, 9.17) is 5.73 Å². The Bertz CT molecular complexity index is 255. The lowest BCUT2D eigenvalue weighted by Crippen LogP contribution is -2.45. The Hall–Kier alpha value is -0.610. The SMILES string of the molecule is CCN(C)CC1CCN(C(=O)[C@@H](N)C(C)C)C1. The summed E-state index contributed by atoms with van der Waals surface area (Å²) in [5.41, 5.74) is 5.91. The Kier molecular flexibility index (Phi) is 5.40. The molecular weight excluding hydrogens is 214 g/mol. The van der Waals surface area contributed by atoms with E-state index >= 15 is 0 Å². The molecule has 2 atom stereocenters. The molecule has 1 aliphatic rings. The van der Waals surface area contributed by atoms with Crippen molar-refractivity contribution < 1.29 is 4.79 Å². The smallest absolute Gasteiger partial charge is 0.239 e. The number of nitrogens with two attached hydrogens (primary N) is 1. The molecule has 0 spiro atoms. The average molecular weight is 241 g/mol. The van der Waals surface area contributed by atoms with Crippen molar-refractivity contribution in [3.63, 3.8) is 0 Å². The van der Waals surface area contributed by atoms with Crippen molar-refractivity contribution in [1.82, 2.24) is 9.80 Å². The highest BCUT2D eigenvalue weighted by molar-refractivity contribution is 5.82. The Morgan fingerprint density at radius 3 is 2.71 bits per heavy atom. The molecule has 100 valence electrons. The first kappa shape index (κ1) is 14.5. The second-order valence-electron chi connectivity index (χ2n) is 5.56. The Morgan fingerprint density at radius 1 is 1.53 bits per heavy atom. The fraction of sp³-hybridized carbons (Fsp3) is 0.923. The standard InChI is InChI=1S/C13H27N3O/c1-5-15(4)8-11-6-7-16(9-11)13(17)12(14)10(2)3/h10-12H,5-9,14H2,1-4H3/t11?,12-/m0/s1. The fourth-order valence-electron chi connectivity index (χ4n) is 2.25. The summed E-state index contributed by atoms with van der Waals surface area (Å²) in [6.45, 7) is 10.1. The zero-order valence-electron chi connectivity index (χ0n) is 11.6. The third-order valence-electron chi connectivity index (χ3n) is 3.71. The molecule has 1 rings (SSSR count). The molecule has 1 unspecified atom stereocenters. The van der Waals surface area contributed by atoms with Crippen LogP contribution in [0.4, 0.5) is 0 Å². The van der Waals surface area contributed by atoms with E-state index in [1.165, 1.54) is 0 Å². The predicted molar refractivity (Wildman–Crippen MR) is 70.7 cm³/mol. The van der Waals surface area contributed by atoms with Gasteiger partial charge in [0.25, 0.3) is 0 Å². The van der Waals surface area contributed by atoms with E-state index in [-0.39, 0.29) is 17.9 Å². The van der Waals surface area contributed by atoms with Gasteiger partial charge in [-0.05, 0) is 31.8 Å². The van der Waals surface area contributed by atoms with Gasteiger partial charge in [-0.15, -0.1) is 0 Å². The number of hydrogen-bond donors (Lipinski definition) is 1. The van der Waals surface area contributed by atoms with Crippen LogP contribution in [-0.4, -0.2) is 55.0 Å². The van der Waals surface area contributed by atoms with E-state index in [0.717, 1.165) is 32.6 Å². The Balaban J connectivity index is 2.42. The predicted octanol–water partition coefficient (Wildman–Crippen LogP) is 0.770. The third kappa shape index (κ3) is 3.96. The average Bonchev–Trinajstić information content (AvgIpc) is 2.75. The van der Waals surface area contributed by atoms with E-state index in [0.29, 0.717) is 5.92 Å². The molecule has 0 radical (unpaired) electrons. The minimum Gasteiger partial charge on any atom is -0.341 e. The van der Waals surface area contributed by atoms with Crippen LogP contribution in [0, 0.1) is 11.8 Å². The summed E-state index contributed by atoms with van der Waals surface area (Å²) in [4.78, 5) is 16.3. The van der Waals surface area contributed by atoms with Gasteiger partial charge < -0.3 is 15.5 Å². The van der Waals surface area contributed by atoms with Crippen LogP contribution in [0.3, 0.4) is 0 Å². The molecule has 2 N–H and O–H groups in total. The van der Waals surface area contributed by atoms with E-state index in [1.807, 2.05) is 18.7 Å². The topological polar surface area (TPSA) is 49.6 Å². The highest BCUT2D eigenvalue weighted by Gasteiger charge is 2.30. The molecule has 4 heteroatoms. The summed E-state index contributed by atoms with van der Waals surface area (Å²) in [5.74, 6) is 0.963. The molecule has 1 heterocycles. The van der Waals surface area contributed by atoms with Gasteiger partial charge in [-0.2, -0.15) is 0 Å². The zero-order chi connectivity index (χ0) is 13.0. The van der Waals surface area contributed by atoms with Crippen molar-refractivity contribution >= 4 is 5.91 Å². The maximum atomic E-state index is 12.1. The summed E-state index contributed by atoms with van der Waals surface area (Å²) in [6.07, 6.45) is 1.11. The van der Waals surface area contributed by atoms with Crippen molar-refractivity contribution in [1.29, 1.82) is 0 Å². The van der Waals surface area contributed by atoms with E-state index < -0.39 is 0 Å². The van der Waals surface area contributed by atoms with Crippen molar-refractivity contribution in [2.45, 2.75) is 33.2 Å². The highest BCUT2D eigenvalue weighted by atomic mass is 16.2. The summed E-state index contributed by atoms with van der Waals surface area (Å²) in [7, 11) is 2.13. The number of rotatable bonds is 5. The lowest BCUT2D eigenvalue weighted by atomic mass is 10.0. The van der Waals surface area contributed by atoms with Crippen molar-refractivity contribution in [3.8, 4) is 0 Å². The zero-order valence-corrected chi connectivity index (χ0v) is 11.6. The second-order valence-corrected chi connectivity index (χ2v) is 5.56. The Labute approximate surface area is 105 Å². The van der Waals surface area contributed by atoms with Gasteiger partial charge in [0.15, 0.2) is 0 Å². The molecule has 0 aromatic rings. The van der Waals surface area contributed by atoms with Crippen LogP contribution in [0.5, 0.6) is 0 Å². The van der Waals surface area contributed by atoms with Gasteiger partial charge in [0.05, 0.1) is 6.04 Å². The molecule has 0 aliphatic carbocycles. The number of likely N-dealkylation sites (tertiary alicyclic amines) is 1. The van der Waals surface area contributed by atoms with Gasteiger partial charge in [-0.25, -0.2) is 0 Å². The number of hydrogen-bond acceptors (Lipinski definition) is 3. The van der Waals surface area contributed by atoms with E-state index in [2.05, 4.69) is 18.9 Å². The van der Waals surface area contributed by atoms with Crippen LogP contribution in [0.1, 0.15) is 27.2 Å². The highest BCUT2D eigenvalue weighted by Crippen LogP contribution is 2.18. The van der Waals surface area contributed by atoms with Gasteiger partial charge >= 0.3 is 0 Å². The normalized spacial score (nSPS) is 22.5. The van der Waals surface area contributed by atoms with Crippen LogP contribution in [0.15, 0.2) is 0 Å². The van der Waals surface area contributed by atoms with Gasteiger partial charge in [0.2, 0.25) is 5.91 Å². The maximum absolute atomic E-state index is 12.1. The summed E-state index contributed by atoms with van der Waals surface area (Å²) >= 11 is 0. The lowest BCUT2D eigenvalue weighted by Gasteiger charge is -2.24. The molecule has 0 aromatic carbocycles. The molecule has 0 aromatic heterocycles. The number of amides is 1. The van der Waals surface area contributed by atoms with Crippen molar-refractivity contribution in [3.05, 3.63) is 0 Å². The Morgan fingerprint density at radius 2 is 2.18 bits per heavy atom. The first-order valence-corrected chi connectivity index (χ1v) is 6.68. The molecule has 17 heavy (non-hydrogen) atoms. The van der Waals surface area contributed by atoms with Crippen LogP contribution < -0.4 is 5.73 Å². The van der Waals surface area contributed by atoms with Crippen LogP contribution >= 0.6 is 0 Å². The van der Waals surface area contributed by atoms with E-state index in [9.17, 15) is 4.79 Å². The fourth-order valence-corrected chi connectivity index (χ4v) is 2.25. The molecule has 4 nitrogen and oxygen atoms in total. The van der Waals surface area contributed by atoms with Crippen molar-refractivity contribution in [2.75, 3.05) is 33.2 Å². The molecule has 1 aliphatic heterocycles. The monoisotopic (exact) mass is 241 g/mol. The van der Waals surface area contributed by atoms with Gasteiger partial charge in [0.1, 0.15) is 0 Å². The summed E-state index contributed by atoms with van der Waals surface area (Å²) in [6, 6.07) is -0.336. The van der Waals surface area contributed by atoms with E-state index in [1.54, 1.807) is 0 Å². The first-order valence-electron chi connectivity index (χ1n) is 6.68. The van der Waals surface area contributed by atoms with Crippen molar-refractivity contribution in [2.24, 2.45) is 17.6 Å². The molecule has 1 saturated heterocycles. The lowest BCUT2D eigenvalue weighted by molar-refractivity contribution is -0.132. The van der Waals surface area contributed by atoms with Crippen LogP contribution in [0.25, 0.3) is 0 Å². The van der Waals surface area contributed by atoms with Gasteiger partial charge in [-0.1, -0.05) is 20.8 Å². The molecule has 1 fully saturated rings. The second kappa shape index (κ2) is 6.36. The summed E-state index contributed by atoms with van der Waals surface area (Å²) < 4.78 is 0. The molecule has 1 amide bonds. The van der Waals surface area contributed by atoms with Gasteiger partial charge in [0, 0.05) is 19.6 Å². The van der Waals surface area contributed by atoms with Crippen LogP contribution in [0.2, 0.25) is 0 Å². The number of carbonyl (C=O) groups excluding carboxylic acids is 1. The first-order chi connectivity index (χ1) is 7.95. The largest absolute Gasteiger partial charge is 0.341 e. The number of carbonyl (C=O) groups is 1. The maximum Gasteiger partial charge on any atom is 0.239 e. The number of nitrogens with zero attached hydrogens (tertiary/aromatic N) is 2. The van der Waals surface area contributed by atoms with Crippen LogP contribution in [-0.2, 0) is 4.79 Å². The molecule has 0 bridgehead atoms. The third-order valence-corrected chi connectivity index (χ3v) is 3.71. The minimum absolute atomic E-state index is 0.127. The quantitative estimate of drug-likeness (QED) is 0.773.